The normalized spacial score (nSPS) is 12.4. The fraction of sp³-hybridized carbons (Fsp3) is 0.294. The van der Waals surface area contributed by atoms with Crippen LogP contribution >= 0.6 is 27.5 Å². The van der Waals surface area contributed by atoms with Gasteiger partial charge in [-0.1, -0.05) is 58.7 Å². The standard InChI is InChI=1S/C17H19BrClN/c1-3-13-4-6-14(7-5-13)12(2)20-11-15-10-16(19)8-9-17(15)18/h4-10,12,20H,3,11H2,1-2H3. The predicted molar refractivity (Wildman–Crippen MR) is 90.2 cm³/mol. The minimum atomic E-state index is 0.312. The van der Waals surface area contributed by atoms with Crippen LogP contribution in [-0.4, -0.2) is 0 Å². The van der Waals surface area contributed by atoms with Crippen molar-refractivity contribution in [3.05, 3.63) is 68.7 Å². The summed E-state index contributed by atoms with van der Waals surface area (Å²) < 4.78 is 1.09. The number of nitrogens with one attached hydrogen (secondary N) is 1. The van der Waals surface area contributed by atoms with E-state index in [1.165, 1.54) is 16.7 Å². The van der Waals surface area contributed by atoms with Gasteiger partial charge >= 0.3 is 0 Å². The molecule has 0 saturated carbocycles. The number of hydrogen-bond acceptors (Lipinski definition) is 1. The summed E-state index contributed by atoms with van der Waals surface area (Å²) in [6.45, 7) is 5.14. The number of rotatable bonds is 5. The summed E-state index contributed by atoms with van der Waals surface area (Å²) in [5.74, 6) is 0. The lowest BCUT2D eigenvalue weighted by Crippen LogP contribution is -2.18. The van der Waals surface area contributed by atoms with Crippen LogP contribution in [0.3, 0.4) is 0 Å². The van der Waals surface area contributed by atoms with Gasteiger partial charge in [0, 0.05) is 22.1 Å². The fourth-order valence-electron chi connectivity index (χ4n) is 2.10. The summed E-state index contributed by atoms with van der Waals surface area (Å²) in [7, 11) is 0. The topological polar surface area (TPSA) is 12.0 Å². The average molecular weight is 353 g/mol. The molecule has 0 aliphatic carbocycles. The number of halogens is 2. The molecule has 0 aromatic heterocycles. The van der Waals surface area contributed by atoms with E-state index >= 15 is 0 Å². The van der Waals surface area contributed by atoms with Crippen LogP contribution in [0.25, 0.3) is 0 Å². The van der Waals surface area contributed by atoms with E-state index in [2.05, 4.69) is 59.4 Å². The van der Waals surface area contributed by atoms with Crippen LogP contribution in [0.2, 0.25) is 5.02 Å². The second-order valence-corrected chi connectivity index (χ2v) is 6.22. The van der Waals surface area contributed by atoms with Gasteiger partial charge in [0.15, 0.2) is 0 Å². The summed E-state index contributed by atoms with van der Waals surface area (Å²) in [6.07, 6.45) is 1.08. The number of benzene rings is 2. The summed E-state index contributed by atoms with van der Waals surface area (Å²) >= 11 is 9.59. The Morgan fingerprint density at radius 1 is 1.15 bits per heavy atom. The highest BCUT2D eigenvalue weighted by Gasteiger charge is 2.07. The molecule has 1 nitrogen and oxygen atoms in total. The molecule has 0 amide bonds. The van der Waals surface area contributed by atoms with Crippen LogP contribution in [-0.2, 0) is 13.0 Å². The number of hydrogen-bond donors (Lipinski definition) is 1. The van der Waals surface area contributed by atoms with E-state index in [4.69, 9.17) is 11.6 Å². The molecule has 20 heavy (non-hydrogen) atoms. The minimum absolute atomic E-state index is 0.312. The van der Waals surface area contributed by atoms with E-state index in [0.717, 1.165) is 22.5 Å². The summed E-state index contributed by atoms with van der Waals surface area (Å²) in [4.78, 5) is 0. The van der Waals surface area contributed by atoms with Gasteiger partial charge in [0.1, 0.15) is 0 Å². The molecular weight excluding hydrogens is 334 g/mol. The van der Waals surface area contributed by atoms with Crippen molar-refractivity contribution in [3.8, 4) is 0 Å². The van der Waals surface area contributed by atoms with Crippen LogP contribution < -0.4 is 5.32 Å². The van der Waals surface area contributed by atoms with Crippen molar-refractivity contribution in [1.82, 2.24) is 5.32 Å². The van der Waals surface area contributed by atoms with Gasteiger partial charge in [-0.15, -0.1) is 0 Å². The average Bonchev–Trinajstić information content (AvgIpc) is 2.48. The second-order valence-electron chi connectivity index (χ2n) is 4.93. The van der Waals surface area contributed by atoms with Gasteiger partial charge in [-0.3, -0.25) is 0 Å². The fourth-order valence-corrected chi connectivity index (χ4v) is 2.68. The number of aryl methyl sites for hydroxylation is 1. The SMILES string of the molecule is CCc1ccc(C(C)NCc2cc(Cl)ccc2Br)cc1. The zero-order valence-electron chi connectivity index (χ0n) is 11.8. The Bertz CT molecular complexity index is 566. The summed E-state index contributed by atoms with van der Waals surface area (Å²) in [5.41, 5.74) is 3.86. The Morgan fingerprint density at radius 3 is 2.50 bits per heavy atom. The summed E-state index contributed by atoms with van der Waals surface area (Å²) in [6, 6.07) is 15.0. The van der Waals surface area contributed by atoms with Crippen molar-refractivity contribution in [2.24, 2.45) is 0 Å². The van der Waals surface area contributed by atoms with Crippen molar-refractivity contribution < 1.29 is 0 Å². The van der Waals surface area contributed by atoms with E-state index in [-0.39, 0.29) is 0 Å². The van der Waals surface area contributed by atoms with Crippen LogP contribution in [0.1, 0.15) is 36.6 Å². The first-order chi connectivity index (χ1) is 9.60. The quantitative estimate of drug-likeness (QED) is 0.747. The third-order valence-corrected chi connectivity index (χ3v) is 4.50. The van der Waals surface area contributed by atoms with Gasteiger partial charge in [0.2, 0.25) is 0 Å². The molecule has 2 rings (SSSR count). The van der Waals surface area contributed by atoms with Crippen molar-refractivity contribution in [3.63, 3.8) is 0 Å². The molecule has 0 fully saturated rings. The molecule has 1 atom stereocenters. The summed E-state index contributed by atoms with van der Waals surface area (Å²) in [5, 5.41) is 4.30. The Morgan fingerprint density at radius 2 is 1.85 bits per heavy atom. The van der Waals surface area contributed by atoms with Crippen molar-refractivity contribution in [2.45, 2.75) is 32.9 Å². The predicted octanol–water partition coefficient (Wildman–Crippen LogP) is 5.52. The first-order valence-corrected chi connectivity index (χ1v) is 8.03. The molecule has 1 unspecified atom stereocenters. The molecule has 106 valence electrons. The highest BCUT2D eigenvalue weighted by molar-refractivity contribution is 9.10. The highest BCUT2D eigenvalue weighted by Crippen LogP contribution is 2.22. The van der Waals surface area contributed by atoms with Crippen LogP contribution in [0.4, 0.5) is 0 Å². The van der Waals surface area contributed by atoms with Gasteiger partial charge < -0.3 is 5.32 Å². The van der Waals surface area contributed by atoms with Crippen molar-refractivity contribution in [1.29, 1.82) is 0 Å². The Balaban J connectivity index is 2.00. The highest BCUT2D eigenvalue weighted by atomic mass is 79.9. The molecule has 0 heterocycles. The molecular formula is C17H19BrClN. The lowest BCUT2D eigenvalue weighted by Gasteiger charge is -2.15. The molecule has 0 aliphatic heterocycles. The molecule has 0 spiro atoms. The van der Waals surface area contributed by atoms with Crippen LogP contribution in [0, 0.1) is 0 Å². The molecule has 0 saturated heterocycles. The maximum Gasteiger partial charge on any atom is 0.0410 e. The van der Waals surface area contributed by atoms with E-state index < -0.39 is 0 Å². The lowest BCUT2D eigenvalue weighted by atomic mass is 10.0. The molecule has 0 aliphatic rings. The third-order valence-electron chi connectivity index (χ3n) is 3.49. The molecule has 2 aromatic rings. The molecule has 3 heteroatoms. The van der Waals surface area contributed by atoms with Crippen molar-refractivity contribution >= 4 is 27.5 Å². The van der Waals surface area contributed by atoms with Gasteiger partial charge in [-0.2, -0.15) is 0 Å². The maximum absolute atomic E-state index is 6.03. The van der Waals surface area contributed by atoms with Crippen LogP contribution in [0.15, 0.2) is 46.9 Å². The monoisotopic (exact) mass is 351 g/mol. The smallest absolute Gasteiger partial charge is 0.0410 e. The first-order valence-electron chi connectivity index (χ1n) is 6.86. The molecule has 0 radical (unpaired) electrons. The Kier molecular flexibility index (Phi) is 5.64. The lowest BCUT2D eigenvalue weighted by molar-refractivity contribution is 0.573. The van der Waals surface area contributed by atoms with Gasteiger partial charge in [-0.05, 0) is 48.2 Å². The van der Waals surface area contributed by atoms with E-state index in [1.54, 1.807) is 0 Å². The maximum atomic E-state index is 6.03. The Hall–Kier alpha value is -0.830. The van der Waals surface area contributed by atoms with E-state index in [1.807, 2.05) is 18.2 Å². The molecule has 2 aromatic carbocycles. The van der Waals surface area contributed by atoms with Crippen LogP contribution in [0.5, 0.6) is 0 Å². The largest absolute Gasteiger partial charge is 0.306 e. The third kappa shape index (κ3) is 4.08. The van der Waals surface area contributed by atoms with Gasteiger partial charge in [0.05, 0.1) is 0 Å². The second kappa shape index (κ2) is 7.26. The van der Waals surface area contributed by atoms with E-state index in [0.29, 0.717) is 6.04 Å². The van der Waals surface area contributed by atoms with Gasteiger partial charge in [0.25, 0.3) is 0 Å². The zero-order chi connectivity index (χ0) is 14.5. The Labute approximate surface area is 134 Å². The molecule has 1 N–H and O–H groups in total. The van der Waals surface area contributed by atoms with E-state index in [9.17, 15) is 0 Å². The molecule has 0 bridgehead atoms. The first kappa shape index (κ1) is 15.6. The minimum Gasteiger partial charge on any atom is -0.306 e. The van der Waals surface area contributed by atoms with Gasteiger partial charge in [-0.25, -0.2) is 0 Å². The van der Waals surface area contributed by atoms with Crippen molar-refractivity contribution in [2.75, 3.05) is 0 Å². The zero-order valence-corrected chi connectivity index (χ0v) is 14.1.